The van der Waals surface area contributed by atoms with Gasteiger partial charge in [-0.3, -0.25) is 4.68 Å². The first-order valence-corrected chi connectivity index (χ1v) is 11.0. The molecule has 9 nitrogen and oxygen atoms in total. The molecule has 0 radical (unpaired) electrons. The van der Waals surface area contributed by atoms with E-state index in [4.69, 9.17) is 9.73 Å². The first-order valence-electron chi connectivity index (χ1n) is 11.0. The van der Waals surface area contributed by atoms with Gasteiger partial charge in [-0.1, -0.05) is 12.1 Å². The number of benzene rings is 1. The first-order chi connectivity index (χ1) is 15.5. The molecule has 1 atom stereocenters. The second kappa shape index (κ2) is 11.5. The van der Waals surface area contributed by atoms with Crippen molar-refractivity contribution in [3.05, 3.63) is 59.4 Å². The van der Waals surface area contributed by atoms with Crippen LogP contribution >= 0.6 is 24.0 Å². The van der Waals surface area contributed by atoms with Gasteiger partial charge in [0.15, 0.2) is 11.8 Å². The summed E-state index contributed by atoms with van der Waals surface area (Å²) in [7, 11) is 5.63. The fraction of sp³-hybridized carbons (Fsp3) is 0.478. The number of methoxy groups -OCH3 is 1. The number of likely N-dealkylation sites (tertiary alicyclic amines) is 1. The van der Waals surface area contributed by atoms with Gasteiger partial charge in [-0.15, -0.1) is 34.2 Å². The van der Waals surface area contributed by atoms with Crippen molar-refractivity contribution in [3.63, 3.8) is 0 Å². The molecule has 0 spiro atoms. The molecule has 33 heavy (non-hydrogen) atoms. The Bertz CT molecular complexity index is 1060. The molecule has 1 fully saturated rings. The van der Waals surface area contributed by atoms with Crippen molar-refractivity contribution >= 4 is 29.9 Å². The molecule has 178 valence electrons. The van der Waals surface area contributed by atoms with Crippen molar-refractivity contribution in [2.45, 2.75) is 32.9 Å². The molecule has 1 N–H and O–H groups in total. The lowest BCUT2D eigenvalue weighted by molar-refractivity contribution is 0.414. The van der Waals surface area contributed by atoms with E-state index in [9.17, 15) is 0 Å². The molecule has 2 aromatic heterocycles. The third-order valence-electron chi connectivity index (χ3n) is 6.03. The van der Waals surface area contributed by atoms with Gasteiger partial charge in [0, 0.05) is 33.4 Å². The maximum atomic E-state index is 5.26. The van der Waals surface area contributed by atoms with Crippen LogP contribution in [0, 0.1) is 12.8 Å². The second-order valence-electron chi connectivity index (χ2n) is 8.39. The fourth-order valence-electron chi connectivity index (χ4n) is 4.03. The Morgan fingerprint density at radius 2 is 1.97 bits per heavy atom. The van der Waals surface area contributed by atoms with Crippen LogP contribution in [-0.4, -0.2) is 55.6 Å². The van der Waals surface area contributed by atoms with Gasteiger partial charge in [-0.05, 0) is 48.9 Å². The largest absolute Gasteiger partial charge is 0.497 e. The lowest BCUT2D eigenvalue weighted by atomic mass is 10.0. The Kier molecular flexibility index (Phi) is 8.70. The summed E-state index contributed by atoms with van der Waals surface area (Å²) in [6, 6.07) is 8.06. The van der Waals surface area contributed by atoms with E-state index in [1.165, 1.54) is 5.56 Å². The van der Waals surface area contributed by atoms with E-state index in [2.05, 4.69) is 43.8 Å². The van der Waals surface area contributed by atoms with Gasteiger partial charge in [0.25, 0.3) is 0 Å². The lowest BCUT2D eigenvalue weighted by Gasteiger charge is -2.22. The van der Waals surface area contributed by atoms with Crippen LogP contribution in [0.4, 0.5) is 0 Å². The molecular weight excluding hydrogens is 531 g/mol. The highest BCUT2D eigenvalue weighted by Gasteiger charge is 2.26. The number of nitrogens with zero attached hydrogens (tertiary/aromatic N) is 7. The number of aromatic nitrogens is 5. The molecule has 1 aromatic carbocycles. The standard InChI is InChI=1S/C23H32N8O.HI/c1-17-27-28-22(30(17)3)14-25-23(24-12-18-5-7-21(32-4)8-6-18)31-10-9-19(16-31)11-20-13-26-29(2)15-20;/h5-8,13,15,19H,9-12,14,16H2,1-4H3,(H,24,25);1H. The molecular formula is C23H33IN8O. The summed E-state index contributed by atoms with van der Waals surface area (Å²) in [6.07, 6.45) is 6.26. The number of hydrogen-bond acceptors (Lipinski definition) is 5. The Morgan fingerprint density at radius 3 is 2.61 bits per heavy atom. The number of aliphatic imine (C=N–C) groups is 1. The predicted octanol–water partition coefficient (Wildman–Crippen LogP) is 2.69. The topological polar surface area (TPSA) is 85.4 Å². The summed E-state index contributed by atoms with van der Waals surface area (Å²) < 4.78 is 9.13. The molecule has 0 amide bonds. The molecule has 1 saturated heterocycles. The molecule has 1 unspecified atom stereocenters. The molecule has 1 aliphatic heterocycles. The van der Waals surface area contributed by atoms with Crippen LogP contribution in [0.15, 0.2) is 41.7 Å². The highest BCUT2D eigenvalue weighted by Crippen LogP contribution is 2.21. The molecule has 4 rings (SSSR count). The molecule has 3 heterocycles. The van der Waals surface area contributed by atoms with Crippen LogP contribution in [-0.2, 0) is 33.6 Å². The zero-order chi connectivity index (χ0) is 22.5. The number of rotatable bonds is 7. The quantitative estimate of drug-likeness (QED) is 0.270. The van der Waals surface area contributed by atoms with E-state index in [0.29, 0.717) is 19.0 Å². The van der Waals surface area contributed by atoms with Crippen LogP contribution in [0.3, 0.4) is 0 Å². The highest BCUT2D eigenvalue weighted by molar-refractivity contribution is 14.0. The van der Waals surface area contributed by atoms with Gasteiger partial charge in [0.05, 0.1) is 26.4 Å². The van der Waals surface area contributed by atoms with Crippen molar-refractivity contribution in [2.75, 3.05) is 20.2 Å². The van der Waals surface area contributed by atoms with Gasteiger partial charge in [0.2, 0.25) is 0 Å². The van der Waals surface area contributed by atoms with Crippen LogP contribution in [0.5, 0.6) is 5.75 Å². The number of aryl methyl sites for hydroxylation is 2. The fourth-order valence-corrected chi connectivity index (χ4v) is 4.03. The third kappa shape index (κ3) is 6.46. The average molecular weight is 564 g/mol. The van der Waals surface area contributed by atoms with Gasteiger partial charge in [-0.25, -0.2) is 4.99 Å². The minimum Gasteiger partial charge on any atom is -0.497 e. The second-order valence-corrected chi connectivity index (χ2v) is 8.39. The minimum atomic E-state index is 0. The average Bonchev–Trinajstić information content (AvgIpc) is 3.51. The van der Waals surface area contributed by atoms with Crippen molar-refractivity contribution in [2.24, 2.45) is 25.0 Å². The van der Waals surface area contributed by atoms with E-state index in [1.54, 1.807) is 7.11 Å². The summed E-state index contributed by atoms with van der Waals surface area (Å²) in [6.45, 7) is 5.10. The molecule has 3 aromatic rings. The van der Waals surface area contributed by atoms with Gasteiger partial charge in [-0.2, -0.15) is 5.10 Å². The number of ether oxygens (including phenoxy) is 1. The molecule has 0 aliphatic carbocycles. The van der Waals surface area contributed by atoms with E-state index in [-0.39, 0.29) is 24.0 Å². The summed E-state index contributed by atoms with van der Waals surface area (Å²) in [5, 5.41) is 16.3. The van der Waals surface area contributed by atoms with Crippen molar-refractivity contribution in [1.82, 2.24) is 34.8 Å². The number of hydrogen-bond donors (Lipinski definition) is 1. The first kappa shape index (κ1) is 25.0. The summed E-state index contributed by atoms with van der Waals surface area (Å²) in [5.74, 6) is 4.15. The zero-order valence-electron chi connectivity index (χ0n) is 19.7. The molecule has 10 heteroatoms. The summed E-state index contributed by atoms with van der Waals surface area (Å²) in [5.41, 5.74) is 2.43. The summed E-state index contributed by atoms with van der Waals surface area (Å²) >= 11 is 0. The van der Waals surface area contributed by atoms with Crippen LogP contribution < -0.4 is 10.1 Å². The van der Waals surface area contributed by atoms with E-state index in [1.807, 2.05) is 48.6 Å². The van der Waals surface area contributed by atoms with E-state index in [0.717, 1.165) is 54.9 Å². The lowest BCUT2D eigenvalue weighted by Crippen LogP contribution is -2.40. The maximum absolute atomic E-state index is 5.26. The van der Waals surface area contributed by atoms with Crippen LogP contribution in [0.2, 0.25) is 0 Å². The Morgan fingerprint density at radius 1 is 1.18 bits per heavy atom. The third-order valence-corrected chi connectivity index (χ3v) is 6.03. The van der Waals surface area contributed by atoms with Gasteiger partial charge < -0.3 is 19.5 Å². The number of nitrogens with one attached hydrogen (secondary N) is 1. The molecule has 0 bridgehead atoms. The monoisotopic (exact) mass is 564 g/mol. The SMILES string of the molecule is COc1ccc(CN=C(NCc2nnc(C)n2C)N2CCC(Cc3cnn(C)c3)C2)cc1.I. The highest BCUT2D eigenvalue weighted by atomic mass is 127. The van der Waals surface area contributed by atoms with Crippen LogP contribution in [0.1, 0.15) is 29.2 Å². The normalized spacial score (nSPS) is 16.1. The smallest absolute Gasteiger partial charge is 0.194 e. The summed E-state index contributed by atoms with van der Waals surface area (Å²) in [4.78, 5) is 7.30. The predicted molar refractivity (Wildman–Crippen MR) is 139 cm³/mol. The van der Waals surface area contributed by atoms with Crippen molar-refractivity contribution < 1.29 is 4.74 Å². The number of halogens is 1. The zero-order valence-corrected chi connectivity index (χ0v) is 22.1. The molecule has 1 aliphatic rings. The number of guanidine groups is 1. The molecule has 0 saturated carbocycles. The van der Waals surface area contributed by atoms with Gasteiger partial charge in [0.1, 0.15) is 11.6 Å². The van der Waals surface area contributed by atoms with E-state index >= 15 is 0 Å². The minimum absolute atomic E-state index is 0. The Hall–Kier alpha value is -2.63. The van der Waals surface area contributed by atoms with E-state index < -0.39 is 0 Å². The van der Waals surface area contributed by atoms with Crippen molar-refractivity contribution in [3.8, 4) is 5.75 Å². The Labute approximate surface area is 212 Å². The Balaban J connectivity index is 0.00000306. The maximum Gasteiger partial charge on any atom is 0.194 e. The van der Waals surface area contributed by atoms with Gasteiger partial charge >= 0.3 is 0 Å². The van der Waals surface area contributed by atoms with Crippen LogP contribution in [0.25, 0.3) is 0 Å². The van der Waals surface area contributed by atoms with Crippen molar-refractivity contribution in [1.29, 1.82) is 0 Å².